The number of rotatable bonds is 14. The van der Waals surface area contributed by atoms with Gasteiger partial charge in [-0.25, -0.2) is 4.79 Å². The van der Waals surface area contributed by atoms with E-state index in [-0.39, 0.29) is 0 Å². The van der Waals surface area contributed by atoms with Gasteiger partial charge in [-0.2, -0.15) is 0 Å². The number of ether oxygens (including phenoxy) is 6. The third kappa shape index (κ3) is 8.17. The molecule has 3 heterocycles. The van der Waals surface area contributed by atoms with E-state index in [0.29, 0.717) is 34.6 Å². The molecule has 1 unspecified atom stereocenters. The molecule has 2 aliphatic heterocycles. The van der Waals surface area contributed by atoms with E-state index in [2.05, 4.69) is 20.8 Å². The van der Waals surface area contributed by atoms with Gasteiger partial charge in [-0.3, -0.25) is 0 Å². The predicted octanol–water partition coefficient (Wildman–Crippen LogP) is 9.10. The minimum Gasteiger partial charge on any atom is -0.480 e. The number of aryl methyl sites for hydroxylation is 1. The molecule has 2 saturated heterocycles. The summed E-state index contributed by atoms with van der Waals surface area (Å²) >= 11 is 0. The third-order valence-electron chi connectivity index (χ3n) is 10.8. The van der Waals surface area contributed by atoms with Gasteiger partial charge in [0.2, 0.25) is 6.29 Å². The van der Waals surface area contributed by atoms with Crippen LogP contribution in [-0.4, -0.2) is 58.5 Å². The van der Waals surface area contributed by atoms with E-state index in [1.165, 1.54) is 6.07 Å². The van der Waals surface area contributed by atoms with Crippen LogP contribution in [0.25, 0.3) is 11.0 Å². The molecule has 1 aromatic heterocycles. The molecular formula is C42H54O9Si. The topological polar surface area (TPSA) is 94.8 Å². The number of hydrogen-bond donors (Lipinski definition) is 0. The normalized spacial score (nSPS) is 23.5. The Morgan fingerprint density at radius 3 is 2.10 bits per heavy atom. The van der Waals surface area contributed by atoms with Crippen molar-refractivity contribution in [2.75, 3.05) is 13.7 Å². The predicted molar refractivity (Wildman–Crippen MR) is 203 cm³/mol. The summed E-state index contributed by atoms with van der Waals surface area (Å²) in [5.74, 6) is 0.912. The van der Waals surface area contributed by atoms with E-state index < -0.39 is 56.5 Å². The summed E-state index contributed by atoms with van der Waals surface area (Å²) in [5, 5.41) is 0.653. The molecule has 2 fully saturated rings. The van der Waals surface area contributed by atoms with Crippen molar-refractivity contribution in [1.29, 1.82) is 0 Å². The molecule has 280 valence electrons. The average molecular weight is 731 g/mol. The fourth-order valence-corrected chi connectivity index (χ4v) is 10.4. The fraction of sp³-hybridized carbons (Fsp3) is 0.500. The summed E-state index contributed by atoms with van der Waals surface area (Å²) < 4.78 is 52.3. The van der Waals surface area contributed by atoms with Crippen LogP contribution in [0.2, 0.25) is 18.1 Å². The van der Waals surface area contributed by atoms with Crippen molar-refractivity contribution in [2.24, 2.45) is 0 Å². The van der Waals surface area contributed by atoms with Gasteiger partial charge in [-0.1, -0.05) is 81.4 Å². The highest BCUT2D eigenvalue weighted by Gasteiger charge is 2.55. The molecule has 0 radical (unpaired) electrons. The minimum absolute atomic E-state index is 0.375. The Labute approximate surface area is 308 Å². The van der Waals surface area contributed by atoms with E-state index in [0.717, 1.165) is 48.5 Å². The Hall–Kier alpha value is -3.51. The monoisotopic (exact) mass is 730 g/mol. The zero-order chi connectivity index (χ0) is 36.9. The van der Waals surface area contributed by atoms with Gasteiger partial charge < -0.3 is 37.3 Å². The van der Waals surface area contributed by atoms with Gasteiger partial charge in [0.15, 0.2) is 20.7 Å². The van der Waals surface area contributed by atoms with Crippen LogP contribution < -0.4 is 15.1 Å². The molecule has 5 atom stereocenters. The van der Waals surface area contributed by atoms with Gasteiger partial charge in [-0.15, -0.1) is 0 Å². The first-order valence-electron chi connectivity index (χ1n) is 18.8. The van der Waals surface area contributed by atoms with Crippen molar-refractivity contribution in [3.63, 3.8) is 0 Å². The highest BCUT2D eigenvalue weighted by atomic mass is 28.4. The number of methoxy groups -OCH3 is 1. The molecule has 0 amide bonds. The lowest BCUT2D eigenvalue weighted by Gasteiger charge is -2.52. The van der Waals surface area contributed by atoms with Crippen LogP contribution in [0.1, 0.15) is 76.7 Å². The van der Waals surface area contributed by atoms with Gasteiger partial charge in [-0.05, 0) is 81.4 Å². The standard InChI is InChI=1S/C42H54O9Si/c1-8-52(9-2,10-3)51-38-39(49-35-23-17-18-26-45-35)41(50-42(5,6)40(38)44-7)47-32-25-24-31-33(27-34(43)48-36(31)28(32)4)46-37(29-19-13-11-14-20-29)30-21-15-12-16-22-30/h11-16,19-22,24-25,27,35,37-41H,8-10,17-18,23,26H2,1-7H3/t35?,38-,39+,40+,41+/m0/s1. The summed E-state index contributed by atoms with van der Waals surface area (Å²) in [6.07, 6.45) is -0.522. The lowest BCUT2D eigenvalue weighted by atomic mass is 9.89. The lowest BCUT2D eigenvalue weighted by molar-refractivity contribution is -0.336. The minimum atomic E-state index is -2.15. The molecule has 9 nitrogen and oxygen atoms in total. The largest absolute Gasteiger partial charge is 0.480 e. The highest BCUT2D eigenvalue weighted by Crippen LogP contribution is 2.41. The quantitative estimate of drug-likeness (QED) is 0.0930. The Balaban J connectivity index is 1.38. The van der Waals surface area contributed by atoms with Crippen LogP contribution in [-0.2, 0) is 23.4 Å². The SMILES string of the molecule is CC[Si](CC)(CC)O[C@H]1[C@@H](OC2CCCCO2)[C@H](Oc2ccc3c(OC(c4ccccc4)c4ccccc4)cc(=O)oc3c2C)OC(C)(C)[C@@H]1OC. The molecule has 0 bridgehead atoms. The molecule has 10 heteroatoms. The van der Waals surface area contributed by atoms with Crippen molar-refractivity contribution in [1.82, 2.24) is 0 Å². The van der Waals surface area contributed by atoms with E-state index in [1.54, 1.807) is 7.11 Å². The maximum atomic E-state index is 13.1. The highest BCUT2D eigenvalue weighted by molar-refractivity contribution is 6.73. The molecule has 0 aliphatic carbocycles. The smallest absolute Gasteiger partial charge is 0.339 e. The second-order valence-electron chi connectivity index (χ2n) is 14.4. The molecule has 0 spiro atoms. The van der Waals surface area contributed by atoms with Crippen molar-refractivity contribution in [3.8, 4) is 11.5 Å². The molecule has 52 heavy (non-hydrogen) atoms. The van der Waals surface area contributed by atoms with E-state index >= 15 is 0 Å². The molecule has 6 rings (SSSR count). The van der Waals surface area contributed by atoms with Crippen LogP contribution in [0.5, 0.6) is 11.5 Å². The van der Waals surface area contributed by atoms with Gasteiger partial charge in [0.25, 0.3) is 0 Å². The van der Waals surface area contributed by atoms with Crippen molar-refractivity contribution >= 4 is 19.3 Å². The molecule has 4 aromatic rings. The zero-order valence-electron chi connectivity index (χ0n) is 31.6. The summed E-state index contributed by atoms with van der Waals surface area (Å²) in [6.45, 7) is 13.2. The van der Waals surface area contributed by atoms with E-state index in [9.17, 15) is 4.79 Å². The van der Waals surface area contributed by atoms with Crippen LogP contribution in [0.3, 0.4) is 0 Å². The van der Waals surface area contributed by atoms with Crippen LogP contribution >= 0.6 is 0 Å². The van der Waals surface area contributed by atoms with Crippen LogP contribution in [0, 0.1) is 6.92 Å². The maximum absolute atomic E-state index is 13.1. The zero-order valence-corrected chi connectivity index (χ0v) is 32.6. The van der Waals surface area contributed by atoms with Crippen LogP contribution in [0.15, 0.2) is 88.1 Å². The Bertz CT molecular complexity index is 1750. The van der Waals surface area contributed by atoms with Gasteiger partial charge >= 0.3 is 5.63 Å². The number of fused-ring (bicyclic) bond motifs is 1. The lowest BCUT2D eigenvalue weighted by Crippen LogP contribution is -2.67. The fourth-order valence-electron chi connectivity index (χ4n) is 7.59. The molecule has 0 N–H and O–H groups in total. The molecule has 0 saturated carbocycles. The summed E-state index contributed by atoms with van der Waals surface area (Å²) in [6, 6.07) is 28.0. The maximum Gasteiger partial charge on any atom is 0.339 e. The van der Waals surface area contributed by atoms with Gasteiger partial charge in [0.05, 0.1) is 17.1 Å². The summed E-state index contributed by atoms with van der Waals surface area (Å²) in [7, 11) is -0.455. The van der Waals surface area contributed by atoms with E-state index in [4.69, 9.17) is 37.3 Å². The van der Waals surface area contributed by atoms with Crippen molar-refractivity contribution in [2.45, 2.75) is 122 Å². The molecule has 2 aliphatic rings. The molecular weight excluding hydrogens is 677 g/mol. The second kappa shape index (κ2) is 16.7. The molecule has 3 aromatic carbocycles. The first kappa shape index (κ1) is 38.2. The van der Waals surface area contributed by atoms with E-state index in [1.807, 2.05) is 93.6 Å². The first-order chi connectivity index (χ1) is 25.1. The first-order valence-corrected chi connectivity index (χ1v) is 21.3. The van der Waals surface area contributed by atoms with Gasteiger partial charge in [0.1, 0.15) is 35.4 Å². The second-order valence-corrected chi connectivity index (χ2v) is 19.1. The number of benzene rings is 3. The third-order valence-corrected chi connectivity index (χ3v) is 15.4. The van der Waals surface area contributed by atoms with Crippen molar-refractivity contribution < 1.29 is 37.3 Å². The van der Waals surface area contributed by atoms with Gasteiger partial charge in [0, 0.05) is 19.3 Å². The number of hydrogen-bond acceptors (Lipinski definition) is 9. The van der Waals surface area contributed by atoms with Crippen LogP contribution in [0.4, 0.5) is 0 Å². The Kier molecular flexibility index (Phi) is 12.2. The average Bonchev–Trinajstić information content (AvgIpc) is 3.16. The Morgan fingerprint density at radius 2 is 1.52 bits per heavy atom. The summed E-state index contributed by atoms with van der Waals surface area (Å²) in [5.41, 5.74) is 1.63. The Morgan fingerprint density at radius 1 is 0.865 bits per heavy atom. The summed E-state index contributed by atoms with van der Waals surface area (Å²) in [4.78, 5) is 13.1. The van der Waals surface area contributed by atoms with Crippen molar-refractivity contribution in [3.05, 3.63) is 106 Å².